The Morgan fingerprint density at radius 1 is 1.04 bits per heavy atom. The van der Waals surface area contributed by atoms with Gasteiger partial charge in [0.2, 0.25) is 0 Å². The molecule has 1 heterocycles. The van der Waals surface area contributed by atoms with Crippen molar-refractivity contribution in [1.82, 2.24) is 9.97 Å². The Kier molecular flexibility index (Phi) is 5.80. The summed E-state index contributed by atoms with van der Waals surface area (Å²) in [6.45, 7) is 5.63. The van der Waals surface area contributed by atoms with Crippen molar-refractivity contribution in [3.63, 3.8) is 0 Å². The van der Waals surface area contributed by atoms with E-state index in [2.05, 4.69) is 20.6 Å². The van der Waals surface area contributed by atoms with Gasteiger partial charge in [0.25, 0.3) is 5.91 Å². The molecule has 0 aliphatic heterocycles. The minimum Gasteiger partial charge on any atom is -0.495 e. The van der Waals surface area contributed by atoms with Crippen molar-refractivity contribution >= 4 is 34.7 Å². The molecular weight excluding hydrogens is 376 g/mol. The SMILES string of the molecule is COc1ccc(Cl)cc1Nc1cc(C(=O)Nc2c(C)cccc2C)nc(C)n1. The van der Waals surface area contributed by atoms with Crippen LogP contribution in [0.2, 0.25) is 5.02 Å². The first-order chi connectivity index (χ1) is 13.4. The number of para-hydroxylation sites is 1. The highest BCUT2D eigenvalue weighted by Gasteiger charge is 2.14. The number of halogens is 1. The van der Waals surface area contributed by atoms with Gasteiger partial charge in [0.15, 0.2) is 0 Å². The van der Waals surface area contributed by atoms with E-state index in [9.17, 15) is 4.79 Å². The predicted octanol–water partition coefficient (Wildman–Crippen LogP) is 5.06. The molecule has 3 aromatic rings. The lowest BCUT2D eigenvalue weighted by Gasteiger charge is -2.13. The summed E-state index contributed by atoms with van der Waals surface area (Å²) in [6.07, 6.45) is 0. The fourth-order valence-electron chi connectivity index (χ4n) is 2.85. The third-order valence-corrected chi connectivity index (χ3v) is 4.45. The van der Waals surface area contributed by atoms with Gasteiger partial charge in [-0.1, -0.05) is 29.8 Å². The molecule has 2 N–H and O–H groups in total. The van der Waals surface area contributed by atoms with Gasteiger partial charge in [-0.2, -0.15) is 0 Å². The molecule has 144 valence electrons. The predicted molar refractivity (Wildman–Crippen MR) is 112 cm³/mol. The summed E-state index contributed by atoms with van der Waals surface area (Å²) in [7, 11) is 1.57. The highest BCUT2D eigenvalue weighted by molar-refractivity contribution is 6.31. The molecule has 0 aliphatic rings. The molecular formula is C21H21ClN4O2. The first kappa shape index (κ1) is 19.6. The lowest BCUT2D eigenvalue weighted by Crippen LogP contribution is -2.16. The van der Waals surface area contributed by atoms with E-state index in [1.165, 1.54) is 0 Å². The van der Waals surface area contributed by atoms with Crippen molar-refractivity contribution in [2.75, 3.05) is 17.7 Å². The van der Waals surface area contributed by atoms with Crippen molar-refractivity contribution < 1.29 is 9.53 Å². The topological polar surface area (TPSA) is 76.1 Å². The Labute approximate surface area is 168 Å². The maximum Gasteiger partial charge on any atom is 0.274 e. The number of hydrogen-bond donors (Lipinski definition) is 2. The summed E-state index contributed by atoms with van der Waals surface area (Å²) < 4.78 is 5.34. The number of methoxy groups -OCH3 is 1. The molecule has 7 heteroatoms. The van der Waals surface area contributed by atoms with Crippen molar-refractivity contribution in [2.24, 2.45) is 0 Å². The lowest BCUT2D eigenvalue weighted by atomic mass is 10.1. The van der Waals surface area contributed by atoms with Crippen LogP contribution in [0.4, 0.5) is 17.2 Å². The van der Waals surface area contributed by atoms with Crippen LogP contribution in [0.5, 0.6) is 5.75 Å². The largest absolute Gasteiger partial charge is 0.495 e. The van der Waals surface area contributed by atoms with Gasteiger partial charge in [-0.3, -0.25) is 4.79 Å². The second kappa shape index (κ2) is 8.27. The zero-order valence-electron chi connectivity index (χ0n) is 16.1. The van der Waals surface area contributed by atoms with Crippen LogP contribution in [0, 0.1) is 20.8 Å². The summed E-state index contributed by atoms with van der Waals surface area (Å²) >= 11 is 6.08. The van der Waals surface area contributed by atoms with Crippen molar-refractivity contribution in [2.45, 2.75) is 20.8 Å². The molecule has 0 saturated carbocycles. The summed E-state index contributed by atoms with van der Waals surface area (Å²) in [5.74, 6) is 1.25. The lowest BCUT2D eigenvalue weighted by molar-refractivity contribution is 0.102. The molecule has 1 aromatic heterocycles. The average Bonchev–Trinajstić information content (AvgIpc) is 2.64. The molecule has 2 aromatic carbocycles. The zero-order valence-corrected chi connectivity index (χ0v) is 16.9. The number of nitrogens with zero attached hydrogens (tertiary/aromatic N) is 2. The number of amides is 1. The molecule has 0 aliphatic carbocycles. The molecule has 28 heavy (non-hydrogen) atoms. The molecule has 0 radical (unpaired) electrons. The van der Waals surface area contributed by atoms with Gasteiger partial charge >= 0.3 is 0 Å². The number of rotatable bonds is 5. The van der Waals surface area contributed by atoms with Crippen LogP contribution in [-0.2, 0) is 0 Å². The van der Waals surface area contributed by atoms with Crippen molar-refractivity contribution in [1.29, 1.82) is 0 Å². The Morgan fingerprint density at radius 2 is 1.75 bits per heavy atom. The molecule has 3 rings (SSSR count). The number of carbonyl (C=O) groups is 1. The smallest absolute Gasteiger partial charge is 0.274 e. The number of aromatic nitrogens is 2. The summed E-state index contributed by atoms with van der Waals surface area (Å²) in [4.78, 5) is 21.4. The summed E-state index contributed by atoms with van der Waals surface area (Å²) in [5, 5.41) is 6.65. The number of hydrogen-bond acceptors (Lipinski definition) is 5. The highest BCUT2D eigenvalue weighted by Crippen LogP contribution is 2.30. The minimum absolute atomic E-state index is 0.263. The van der Waals surface area contributed by atoms with E-state index >= 15 is 0 Å². The summed E-state index contributed by atoms with van der Waals surface area (Å²) in [5.41, 5.74) is 3.67. The monoisotopic (exact) mass is 396 g/mol. The molecule has 0 atom stereocenters. The van der Waals surface area contributed by atoms with Crippen LogP contribution in [0.1, 0.15) is 27.4 Å². The Hall–Kier alpha value is -3.12. The minimum atomic E-state index is -0.302. The number of anilines is 3. The number of carbonyl (C=O) groups excluding carboxylic acids is 1. The van der Waals surface area contributed by atoms with E-state index in [4.69, 9.17) is 16.3 Å². The Bertz CT molecular complexity index is 1020. The maximum atomic E-state index is 12.8. The quantitative estimate of drug-likeness (QED) is 0.630. The molecule has 0 fully saturated rings. The fourth-order valence-corrected chi connectivity index (χ4v) is 3.03. The third-order valence-electron chi connectivity index (χ3n) is 4.21. The van der Waals surface area contributed by atoms with Gasteiger partial charge in [0, 0.05) is 16.8 Å². The van der Waals surface area contributed by atoms with Gasteiger partial charge in [0.05, 0.1) is 12.8 Å². The van der Waals surface area contributed by atoms with Crippen LogP contribution < -0.4 is 15.4 Å². The number of nitrogens with one attached hydrogen (secondary N) is 2. The van der Waals surface area contributed by atoms with Crippen molar-refractivity contribution in [3.8, 4) is 5.75 Å². The van der Waals surface area contributed by atoms with Gasteiger partial charge in [-0.25, -0.2) is 9.97 Å². The van der Waals surface area contributed by atoms with E-state index in [-0.39, 0.29) is 11.6 Å². The fraction of sp³-hybridized carbons (Fsp3) is 0.190. The highest BCUT2D eigenvalue weighted by atomic mass is 35.5. The van der Waals surface area contributed by atoms with Crippen LogP contribution in [-0.4, -0.2) is 23.0 Å². The first-order valence-electron chi connectivity index (χ1n) is 8.71. The van der Waals surface area contributed by atoms with E-state index in [1.54, 1.807) is 38.3 Å². The van der Waals surface area contributed by atoms with Gasteiger partial charge < -0.3 is 15.4 Å². The Morgan fingerprint density at radius 3 is 2.43 bits per heavy atom. The van der Waals surface area contributed by atoms with Gasteiger partial charge in [-0.15, -0.1) is 0 Å². The van der Waals surface area contributed by atoms with E-state index < -0.39 is 0 Å². The molecule has 1 amide bonds. The van der Waals surface area contributed by atoms with Crippen molar-refractivity contribution in [3.05, 3.63) is 70.1 Å². The number of benzene rings is 2. The summed E-state index contributed by atoms with van der Waals surface area (Å²) in [6, 6.07) is 12.7. The van der Waals surface area contributed by atoms with Crippen LogP contribution in [0.25, 0.3) is 0 Å². The third kappa shape index (κ3) is 4.40. The standard InChI is InChI=1S/C21H21ClN4O2/c1-12-6-5-7-13(2)20(12)26-21(27)17-11-19(24-14(3)23-17)25-16-10-15(22)8-9-18(16)28-4/h5-11H,1-4H3,(H,26,27)(H,23,24,25). The Balaban J connectivity index is 1.89. The van der Waals surface area contributed by atoms with E-state index in [1.807, 2.05) is 32.0 Å². The first-order valence-corrected chi connectivity index (χ1v) is 9.09. The average molecular weight is 397 g/mol. The molecule has 0 spiro atoms. The van der Waals surface area contributed by atoms with Crippen LogP contribution in [0.3, 0.4) is 0 Å². The molecule has 6 nitrogen and oxygen atoms in total. The second-order valence-corrected chi connectivity index (χ2v) is 6.81. The van der Waals surface area contributed by atoms with E-state index in [0.717, 1.165) is 16.8 Å². The van der Waals surface area contributed by atoms with E-state index in [0.29, 0.717) is 28.1 Å². The van der Waals surface area contributed by atoms with Gasteiger partial charge in [0.1, 0.15) is 23.1 Å². The zero-order chi connectivity index (χ0) is 20.3. The van der Waals surface area contributed by atoms with Crippen LogP contribution >= 0.6 is 11.6 Å². The molecule has 0 unspecified atom stereocenters. The van der Waals surface area contributed by atoms with Gasteiger partial charge in [-0.05, 0) is 50.1 Å². The maximum absolute atomic E-state index is 12.8. The molecule has 0 bridgehead atoms. The van der Waals surface area contributed by atoms with Crippen LogP contribution in [0.15, 0.2) is 42.5 Å². The number of ether oxygens (including phenoxy) is 1. The molecule has 0 saturated heterocycles. The second-order valence-electron chi connectivity index (χ2n) is 6.38. The normalized spacial score (nSPS) is 10.5. The number of aryl methyl sites for hydroxylation is 3.